The van der Waals surface area contributed by atoms with Crippen molar-refractivity contribution in [1.29, 1.82) is 0 Å². The van der Waals surface area contributed by atoms with Gasteiger partial charge in [-0.25, -0.2) is 0 Å². The highest BCUT2D eigenvalue weighted by Crippen LogP contribution is 2.24. The van der Waals surface area contributed by atoms with Crippen molar-refractivity contribution < 1.29 is 9.52 Å². The van der Waals surface area contributed by atoms with E-state index in [2.05, 4.69) is 21.2 Å². The van der Waals surface area contributed by atoms with Crippen molar-refractivity contribution in [1.82, 2.24) is 5.32 Å². The second kappa shape index (κ2) is 6.18. The zero-order chi connectivity index (χ0) is 13.0. The summed E-state index contributed by atoms with van der Waals surface area (Å²) < 4.78 is 6.51. The zero-order valence-electron chi connectivity index (χ0n) is 10.1. The highest BCUT2D eigenvalue weighted by atomic mass is 79.9. The molecule has 0 spiro atoms. The summed E-state index contributed by atoms with van der Waals surface area (Å²) in [6.45, 7) is 2.03. The van der Waals surface area contributed by atoms with E-state index in [1.165, 1.54) is 0 Å². The van der Waals surface area contributed by atoms with E-state index in [9.17, 15) is 5.11 Å². The SMILES string of the molecule is C[C@@H](CO)N[C@H](c1ccc(Br)cc1)c1ccco1. The van der Waals surface area contributed by atoms with Crippen molar-refractivity contribution in [3.8, 4) is 0 Å². The van der Waals surface area contributed by atoms with Crippen molar-refractivity contribution in [3.05, 3.63) is 58.5 Å². The third-order valence-corrected chi connectivity index (χ3v) is 3.28. The number of rotatable bonds is 5. The van der Waals surface area contributed by atoms with Crippen molar-refractivity contribution in [2.24, 2.45) is 0 Å². The second-order valence-corrected chi connectivity index (χ2v) is 5.17. The zero-order valence-corrected chi connectivity index (χ0v) is 11.7. The average Bonchev–Trinajstić information content (AvgIpc) is 2.90. The standard InChI is InChI=1S/C14H16BrNO2/c1-10(9-17)16-14(13-3-2-8-18-13)11-4-6-12(15)7-5-11/h2-8,10,14,16-17H,9H2,1H3/t10-,14+/m0/s1. The van der Waals surface area contributed by atoms with Crippen LogP contribution in [0.25, 0.3) is 0 Å². The molecule has 0 aliphatic carbocycles. The lowest BCUT2D eigenvalue weighted by atomic mass is 10.0. The van der Waals surface area contributed by atoms with E-state index < -0.39 is 0 Å². The predicted molar refractivity (Wildman–Crippen MR) is 74.4 cm³/mol. The van der Waals surface area contributed by atoms with E-state index in [1.807, 2.05) is 43.3 Å². The topological polar surface area (TPSA) is 45.4 Å². The van der Waals surface area contributed by atoms with Crippen LogP contribution in [-0.4, -0.2) is 17.8 Å². The van der Waals surface area contributed by atoms with Crippen LogP contribution in [0.15, 0.2) is 51.6 Å². The smallest absolute Gasteiger partial charge is 0.125 e. The Morgan fingerprint density at radius 3 is 2.56 bits per heavy atom. The van der Waals surface area contributed by atoms with Gasteiger partial charge in [-0.05, 0) is 36.8 Å². The summed E-state index contributed by atoms with van der Waals surface area (Å²) in [5.41, 5.74) is 1.11. The van der Waals surface area contributed by atoms with E-state index in [0.717, 1.165) is 15.8 Å². The lowest BCUT2D eigenvalue weighted by molar-refractivity contribution is 0.241. The Morgan fingerprint density at radius 1 is 1.28 bits per heavy atom. The maximum absolute atomic E-state index is 9.17. The monoisotopic (exact) mass is 309 g/mol. The summed E-state index contributed by atoms with van der Waals surface area (Å²) in [6, 6.07) is 11.8. The van der Waals surface area contributed by atoms with Crippen molar-refractivity contribution in [2.75, 3.05) is 6.61 Å². The molecule has 0 saturated carbocycles. The van der Waals surface area contributed by atoms with Gasteiger partial charge in [-0.2, -0.15) is 0 Å². The van der Waals surface area contributed by atoms with Gasteiger partial charge in [0.15, 0.2) is 0 Å². The van der Waals surface area contributed by atoms with E-state index in [0.29, 0.717) is 0 Å². The van der Waals surface area contributed by atoms with Gasteiger partial charge < -0.3 is 9.52 Å². The van der Waals surface area contributed by atoms with Crippen molar-refractivity contribution in [2.45, 2.75) is 19.0 Å². The molecule has 1 aromatic heterocycles. The van der Waals surface area contributed by atoms with Crippen LogP contribution in [0.4, 0.5) is 0 Å². The van der Waals surface area contributed by atoms with Crippen LogP contribution in [0.2, 0.25) is 0 Å². The van der Waals surface area contributed by atoms with Gasteiger partial charge in [0.05, 0.1) is 18.9 Å². The molecule has 1 aromatic carbocycles. The normalized spacial score (nSPS) is 14.4. The average molecular weight is 310 g/mol. The van der Waals surface area contributed by atoms with Crippen LogP contribution < -0.4 is 5.32 Å². The molecule has 0 unspecified atom stereocenters. The number of halogens is 1. The molecule has 0 amide bonds. The Kier molecular flexibility index (Phi) is 4.58. The minimum absolute atomic E-state index is 0.00347. The first-order valence-corrected chi connectivity index (χ1v) is 6.66. The van der Waals surface area contributed by atoms with Crippen LogP contribution in [0.1, 0.15) is 24.3 Å². The first-order valence-electron chi connectivity index (χ1n) is 5.86. The highest BCUT2D eigenvalue weighted by molar-refractivity contribution is 9.10. The molecule has 2 aromatic rings. The lowest BCUT2D eigenvalue weighted by Crippen LogP contribution is -2.33. The molecule has 0 radical (unpaired) electrons. The van der Waals surface area contributed by atoms with Gasteiger partial charge >= 0.3 is 0 Å². The van der Waals surface area contributed by atoms with E-state index >= 15 is 0 Å². The van der Waals surface area contributed by atoms with Crippen molar-refractivity contribution >= 4 is 15.9 Å². The highest BCUT2D eigenvalue weighted by Gasteiger charge is 2.18. The Morgan fingerprint density at radius 2 is 2.00 bits per heavy atom. The van der Waals surface area contributed by atoms with Gasteiger partial charge in [0, 0.05) is 10.5 Å². The Hall–Kier alpha value is -1.10. The third-order valence-electron chi connectivity index (χ3n) is 2.76. The lowest BCUT2D eigenvalue weighted by Gasteiger charge is -2.21. The molecule has 96 valence electrons. The summed E-state index contributed by atoms with van der Waals surface area (Å²) in [7, 11) is 0. The fourth-order valence-electron chi connectivity index (χ4n) is 1.79. The second-order valence-electron chi connectivity index (χ2n) is 4.25. The van der Waals surface area contributed by atoms with Crippen LogP contribution >= 0.6 is 15.9 Å². The number of aliphatic hydroxyl groups excluding tert-OH is 1. The molecule has 4 heteroatoms. The Bertz CT molecular complexity index is 467. The molecule has 2 N–H and O–H groups in total. The van der Waals surface area contributed by atoms with Gasteiger partial charge in [0.25, 0.3) is 0 Å². The molecule has 2 rings (SSSR count). The van der Waals surface area contributed by atoms with Gasteiger partial charge in [-0.15, -0.1) is 0 Å². The fraction of sp³-hybridized carbons (Fsp3) is 0.286. The molecule has 0 bridgehead atoms. The van der Waals surface area contributed by atoms with Crippen LogP contribution in [-0.2, 0) is 0 Å². The number of hydrogen-bond donors (Lipinski definition) is 2. The van der Waals surface area contributed by atoms with Crippen molar-refractivity contribution in [3.63, 3.8) is 0 Å². The quantitative estimate of drug-likeness (QED) is 0.892. The predicted octanol–water partition coefficient (Wildman–Crippen LogP) is 3.10. The summed E-state index contributed by atoms with van der Waals surface area (Å²) in [5.74, 6) is 0.845. The number of benzene rings is 1. The summed E-state index contributed by atoms with van der Waals surface area (Å²) in [4.78, 5) is 0. The molecular weight excluding hydrogens is 294 g/mol. The molecule has 1 heterocycles. The maximum Gasteiger partial charge on any atom is 0.125 e. The van der Waals surface area contributed by atoms with Gasteiger partial charge in [-0.1, -0.05) is 28.1 Å². The Balaban J connectivity index is 2.27. The molecule has 0 aliphatic heterocycles. The van der Waals surface area contributed by atoms with Gasteiger partial charge in [0.2, 0.25) is 0 Å². The number of hydrogen-bond acceptors (Lipinski definition) is 3. The first-order chi connectivity index (χ1) is 8.70. The minimum atomic E-state index is -0.0461. The molecular formula is C14H16BrNO2. The fourth-order valence-corrected chi connectivity index (χ4v) is 2.05. The van der Waals surface area contributed by atoms with Crippen LogP contribution in [0.3, 0.4) is 0 Å². The molecule has 18 heavy (non-hydrogen) atoms. The first kappa shape index (κ1) is 13.3. The summed E-state index contributed by atoms with van der Waals surface area (Å²) >= 11 is 3.42. The number of nitrogens with one attached hydrogen (secondary N) is 1. The van der Waals surface area contributed by atoms with E-state index in [-0.39, 0.29) is 18.7 Å². The largest absolute Gasteiger partial charge is 0.467 e. The summed E-state index contributed by atoms with van der Waals surface area (Å²) in [6.07, 6.45) is 1.66. The summed E-state index contributed by atoms with van der Waals surface area (Å²) in [5, 5.41) is 12.5. The van der Waals surface area contributed by atoms with Gasteiger partial charge in [0.1, 0.15) is 5.76 Å². The third kappa shape index (κ3) is 3.22. The van der Waals surface area contributed by atoms with Crippen LogP contribution in [0.5, 0.6) is 0 Å². The van der Waals surface area contributed by atoms with E-state index in [1.54, 1.807) is 6.26 Å². The van der Waals surface area contributed by atoms with E-state index in [4.69, 9.17) is 4.42 Å². The maximum atomic E-state index is 9.17. The van der Waals surface area contributed by atoms with Crippen LogP contribution in [0, 0.1) is 0 Å². The minimum Gasteiger partial charge on any atom is -0.467 e. The molecule has 0 saturated heterocycles. The molecule has 0 aliphatic rings. The van der Waals surface area contributed by atoms with Gasteiger partial charge in [-0.3, -0.25) is 5.32 Å². The molecule has 0 fully saturated rings. The molecule has 2 atom stereocenters. The number of aliphatic hydroxyl groups is 1. The molecule has 3 nitrogen and oxygen atoms in total. The Labute approximate surface area is 115 Å². The number of furan rings is 1.